The number of carbonyl (C=O) groups excluding carboxylic acids is 2. The summed E-state index contributed by atoms with van der Waals surface area (Å²) in [4.78, 5) is 28.2. The van der Waals surface area contributed by atoms with Crippen molar-refractivity contribution in [3.05, 3.63) is 92.4 Å². The molecule has 1 amide bonds. The first-order valence-corrected chi connectivity index (χ1v) is 12.2. The van der Waals surface area contributed by atoms with Gasteiger partial charge in [0.25, 0.3) is 5.91 Å². The fraction of sp³-hybridized carbons (Fsp3) is 0.214. The number of hydrogen-bond donors (Lipinski definition) is 0. The largest absolute Gasteiger partial charge is 0.497 e. The maximum atomic E-state index is 13.7. The van der Waals surface area contributed by atoms with E-state index in [0.717, 1.165) is 22.6 Å². The number of nitrogens with zero attached hydrogens (tertiary/aromatic N) is 2. The summed E-state index contributed by atoms with van der Waals surface area (Å²) < 4.78 is 12.5. The van der Waals surface area contributed by atoms with Gasteiger partial charge in [-0.15, -0.1) is 0 Å². The van der Waals surface area contributed by atoms with Crippen molar-refractivity contribution >= 4 is 46.8 Å². The molecule has 0 bridgehead atoms. The van der Waals surface area contributed by atoms with Crippen molar-refractivity contribution in [1.29, 1.82) is 0 Å². The minimum Gasteiger partial charge on any atom is -0.497 e. The van der Waals surface area contributed by atoms with Gasteiger partial charge in [0.1, 0.15) is 5.75 Å². The molecule has 0 radical (unpaired) electrons. The molecule has 0 fully saturated rings. The summed E-state index contributed by atoms with van der Waals surface area (Å²) in [5, 5.41) is 0.886. The fourth-order valence-corrected chi connectivity index (χ4v) is 4.83. The van der Waals surface area contributed by atoms with Gasteiger partial charge in [0.2, 0.25) is 0 Å². The highest BCUT2D eigenvalue weighted by atomic mass is 35.5. The Morgan fingerprint density at radius 2 is 1.75 bits per heavy atom. The molecule has 0 saturated heterocycles. The van der Waals surface area contributed by atoms with E-state index >= 15 is 0 Å². The molecule has 0 atom stereocenters. The average Bonchev–Trinajstić information content (AvgIpc) is 3.27. The molecule has 2 heterocycles. The summed E-state index contributed by atoms with van der Waals surface area (Å²) in [5.74, 6) is -0.191. The lowest BCUT2D eigenvalue weighted by Gasteiger charge is -2.18. The van der Waals surface area contributed by atoms with Crippen molar-refractivity contribution in [3.8, 4) is 11.4 Å². The van der Waals surface area contributed by atoms with Gasteiger partial charge in [0, 0.05) is 22.8 Å². The number of anilines is 1. The molecule has 0 unspecified atom stereocenters. The number of aryl methyl sites for hydroxylation is 1. The second kappa shape index (κ2) is 10.2. The number of aromatic nitrogens is 1. The molecule has 0 aliphatic carbocycles. The van der Waals surface area contributed by atoms with Crippen LogP contribution < -0.4 is 9.64 Å². The van der Waals surface area contributed by atoms with Crippen molar-refractivity contribution in [2.75, 3.05) is 18.6 Å². The van der Waals surface area contributed by atoms with Crippen LogP contribution in [0.3, 0.4) is 0 Å². The first-order chi connectivity index (χ1) is 17.2. The molecular weight excluding hydrogens is 499 g/mol. The molecule has 1 aromatic heterocycles. The second-order valence-electron chi connectivity index (χ2n) is 8.31. The monoisotopic (exact) mass is 524 g/mol. The number of amides is 1. The maximum Gasteiger partial charge on any atom is 0.340 e. The molecule has 0 spiro atoms. The molecule has 3 aromatic rings. The smallest absolute Gasteiger partial charge is 0.340 e. The van der Waals surface area contributed by atoms with E-state index < -0.39 is 5.97 Å². The molecular formula is C28H26Cl2N2O4. The topological polar surface area (TPSA) is 60.8 Å². The van der Waals surface area contributed by atoms with Crippen molar-refractivity contribution < 1.29 is 19.1 Å². The molecule has 4 rings (SSSR count). The van der Waals surface area contributed by atoms with Gasteiger partial charge < -0.3 is 14.0 Å². The summed E-state index contributed by atoms with van der Waals surface area (Å²) in [6.45, 7) is 7.54. The quantitative estimate of drug-likeness (QED) is 0.266. The number of esters is 1. The van der Waals surface area contributed by atoms with E-state index in [1.807, 2.05) is 36.6 Å². The lowest BCUT2D eigenvalue weighted by atomic mass is 10.0. The third-order valence-corrected chi connectivity index (χ3v) is 6.96. The van der Waals surface area contributed by atoms with Crippen LogP contribution in [0.4, 0.5) is 5.69 Å². The highest BCUT2D eigenvalue weighted by molar-refractivity contribution is 6.43. The molecule has 8 heteroatoms. The third kappa shape index (κ3) is 4.43. The van der Waals surface area contributed by atoms with Gasteiger partial charge >= 0.3 is 5.97 Å². The van der Waals surface area contributed by atoms with Crippen LogP contribution in [0.25, 0.3) is 11.8 Å². The number of carbonyl (C=O) groups is 2. The van der Waals surface area contributed by atoms with Crippen molar-refractivity contribution in [1.82, 2.24) is 4.57 Å². The summed E-state index contributed by atoms with van der Waals surface area (Å²) in [5.41, 5.74) is 4.89. The van der Waals surface area contributed by atoms with Crippen LogP contribution in [-0.2, 0) is 14.3 Å². The highest BCUT2D eigenvalue weighted by Gasteiger charge is 2.38. The Labute approximate surface area is 220 Å². The van der Waals surface area contributed by atoms with Crippen molar-refractivity contribution in [2.24, 2.45) is 0 Å². The molecule has 1 aliphatic heterocycles. The lowest BCUT2D eigenvalue weighted by Crippen LogP contribution is -2.24. The van der Waals surface area contributed by atoms with E-state index in [2.05, 4.69) is 0 Å². The molecule has 186 valence electrons. The highest BCUT2D eigenvalue weighted by Crippen LogP contribution is 2.37. The number of methoxy groups -OCH3 is 1. The average molecular weight is 525 g/mol. The van der Waals surface area contributed by atoms with Gasteiger partial charge in [-0.3, -0.25) is 9.69 Å². The normalized spacial score (nSPS) is 14.7. The fourth-order valence-electron chi connectivity index (χ4n) is 4.45. The predicted octanol–water partition coefficient (Wildman–Crippen LogP) is 6.68. The number of rotatable bonds is 6. The Morgan fingerprint density at radius 1 is 1.06 bits per heavy atom. The SMILES string of the molecule is CCOC(=O)C1=C(C)N(c2ccc(OC)cc2)C(=O)/C1=C\c1cc(C)n(-c2cccc(Cl)c2Cl)c1C. The van der Waals surface area contributed by atoms with Gasteiger partial charge in [0.15, 0.2) is 0 Å². The van der Waals surface area contributed by atoms with Crippen LogP contribution >= 0.6 is 23.2 Å². The zero-order chi connectivity index (χ0) is 26.1. The first-order valence-electron chi connectivity index (χ1n) is 11.4. The molecule has 6 nitrogen and oxygen atoms in total. The standard InChI is InChI=1S/C28H26Cl2N2O4/c1-6-36-28(34)25-18(4)32(20-10-12-21(35-5)13-11-20)27(33)22(25)15-19-14-16(2)31(17(19)3)24-9-7-8-23(29)26(24)30/h7-15H,6H2,1-5H3/b22-15-. The zero-order valence-corrected chi connectivity index (χ0v) is 22.2. The minimum absolute atomic E-state index is 0.196. The van der Waals surface area contributed by atoms with Crippen molar-refractivity contribution in [3.63, 3.8) is 0 Å². The van der Waals surface area contributed by atoms with E-state index in [1.54, 1.807) is 57.4 Å². The summed E-state index contributed by atoms with van der Waals surface area (Å²) in [6.07, 6.45) is 1.74. The summed E-state index contributed by atoms with van der Waals surface area (Å²) in [7, 11) is 1.58. The zero-order valence-electron chi connectivity index (χ0n) is 20.7. The Hall–Kier alpha value is -3.48. The van der Waals surface area contributed by atoms with Gasteiger partial charge in [0.05, 0.1) is 40.6 Å². The maximum absolute atomic E-state index is 13.7. The van der Waals surface area contributed by atoms with Crippen LogP contribution in [0.5, 0.6) is 5.75 Å². The molecule has 0 N–H and O–H groups in total. The predicted molar refractivity (Wildman–Crippen MR) is 143 cm³/mol. The third-order valence-electron chi connectivity index (χ3n) is 6.15. The molecule has 0 saturated carbocycles. The van der Waals surface area contributed by atoms with Gasteiger partial charge in [-0.05, 0) is 81.8 Å². The van der Waals surface area contributed by atoms with Crippen LogP contribution in [0.2, 0.25) is 10.0 Å². The number of ether oxygens (including phenoxy) is 2. The van der Waals surface area contributed by atoms with Gasteiger partial charge in [-0.1, -0.05) is 29.3 Å². The van der Waals surface area contributed by atoms with E-state index in [9.17, 15) is 9.59 Å². The Bertz CT molecular complexity index is 1420. The lowest BCUT2D eigenvalue weighted by molar-refractivity contribution is -0.138. The van der Waals surface area contributed by atoms with Gasteiger partial charge in [-0.2, -0.15) is 0 Å². The minimum atomic E-state index is -0.544. The second-order valence-corrected chi connectivity index (χ2v) is 9.10. The van der Waals surface area contributed by atoms with E-state index in [0.29, 0.717) is 27.2 Å². The Morgan fingerprint density at radius 3 is 2.39 bits per heavy atom. The molecule has 36 heavy (non-hydrogen) atoms. The Kier molecular flexibility index (Phi) is 7.29. The van der Waals surface area contributed by atoms with Crippen LogP contribution in [0, 0.1) is 13.8 Å². The molecule has 2 aromatic carbocycles. The number of allylic oxidation sites excluding steroid dienone is 1. The number of halogens is 2. The first kappa shape index (κ1) is 25.6. The number of benzene rings is 2. The van der Waals surface area contributed by atoms with Crippen LogP contribution in [0.15, 0.2) is 65.4 Å². The molecule has 1 aliphatic rings. The summed E-state index contributed by atoms with van der Waals surface area (Å²) >= 11 is 12.7. The van der Waals surface area contributed by atoms with E-state index in [-0.39, 0.29) is 23.7 Å². The summed E-state index contributed by atoms with van der Waals surface area (Å²) in [6, 6.07) is 14.5. The van der Waals surface area contributed by atoms with Crippen LogP contribution in [-0.4, -0.2) is 30.2 Å². The number of hydrogen-bond acceptors (Lipinski definition) is 4. The van der Waals surface area contributed by atoms with E-state index in [4.69, 9.17) is 32.7 Å². The Balaban J connectivity index is 1.85. The van der Waals surface area contributed by atoms with E-state index in [1.165, 1.54) is 4.90 Å². The van der Waals surface area contributed by atoms with Gasteiger partial charge in [-0.25, -0.2) is 4.79 Å². The van der Waals surface area contributed by atoms with Crippen LogP contribution in [0.1, 0.15) is 30.8 Å². The van der Waals surface area contributed by atoms with Crippen molar-refractivity contribution in [2.45, 2.75) is 27.7 Å².